The summed E-state index contributed by atoms with van der Waals surface area (Å²) in [6.45, 7) is 0. The average molecular weight is 365 g/mol. The fourth-order valence-corrected chi connectivity index (χ4v) is 2.35. The quantitative estimate of drug-likeness (QED) is 0.505. The van der Waals surface area contributed by atoms with Crippen LogP contribution in [0.5, 0.6) is 0 Å². The van der Waals surface area contributed by atoms with E-state index in [2.05, 4.69) is 19.5 Å². The van der Waals surface area contributed by atoms with E-state index in [0.717, 1.165) is 26.9 Å². The monoisotopic (exact) mass is 365 g/mol. The van der Waals surface area contributed by atoms with Gasteiger partial charge in [-0.3, -0.25) is 14.4 Å². The highest BCUT2D eigenvalue weighted by Gasteiger charge is 2.38. The van der Waals surface area contributed by atoms with Crippen LogP contribution in [0.4, 0.5) is 0 Å². The molecule has 1 amide bonds. The lowest BCUT2D eigenvalue weighted by atomic mass is 9.95. The van der Waals surface area contributed by atoms with Gasteiger partial charge >= 0.3 is 17.9 Å². The van der Waals surface area contributed by atoms with E-state index in [-0.39, 0.29) is 6.42 Å². The smallest absolute Gasteiger partial charge is 0.329 e. The zero-order valence-corrected chi connectivity index (χ0v) is 15.0. The highest BCUT2D eigenvalue weighted by Crippen LogP contribution is 2.15. The molecule has 0 fully saturated rings. The van der Waals surface area contributed by atoms with Crippen molar-refractivity contribution < 1.29 is 33.4 Å². The number of ether oxygens (including phenoxy) is 3. The van der Waals surface area contributed by atoms with Crippen molar-refractivity contribution in [3.8, 4) is 0 Å². The van der Waals surface area contributed by atoms with Crippen LogP contribution < -0.4 is 5.32 Å². The molecular weight excluding hydrogens is 342 g/mol. The Bertz CT molecular complexity index is 630. The molecule has 1 aromatic rings. The number of carbonyl (C=O) groups is 4. The molecule has 0 aliphatic heterocycles. The van der Waals surface area contributed by atoms with E-state index in [1.54, 1.807) is 0 Å². The van der Waals surface area contributed by atoms with Gasteiger partial charge in [0.25, 0.3) is 0 Å². The maximum Gasteiger partial charge on any atom is 0.329 e. The van der Waals surface area contributed by atoms with Crippen molar-refractivity contribution in [2.24, 2.45) is 5.92 Å². The summed E-state index contributed by atoms with van der Waals surface area (Å²) in [5.74, 6) is -4.09. The normalized spacial score (nSPS) is 12.4. The van der Waals surface area contributed by atoms with Crippen LogP contribution in [0.25, 0.3) is 0 Å². The Hall–Kier alpha value is -2.90. The molecule has 8 heteroatoms. The third kappa shape index (κ3) is 6.54. The van der Waals surface area contributed by atoms with Gasteiger partial charge in [-0.25, -0.2) is 4.79 Å². The van der Waals surface area contributed by atoms with Crippen LogP contribution in [0.3, 0.4) is 0 Å². The van der Waals surface area contributed by atoms with E-state index in [9.17, 15) is 19.2 Å². The van der Waals surface area contributed by atoms with Gasteiger partial charge in [0.1, 0.15) is 6.04 Å². The highest BCUT2D eigenvalue weighted by atomic mass is 16.5. The zero-order valence-electron chi connectivity index (χ0n) is 15.0. The molecule has 0 aliphatic rings. The van der Waals surface area contributed by atoms with Crippen molar-refractivity contribution in [3.63, 3.8) is 0 Å². The lowest BCUT2D eigenvalue weighted by molar-refractivity contribution is -0.159. The number of benzene rings is 1. The summed E-state index contributed by atoms with van der Waals surface area (Å²) in [5, 5.41) is 2.46. The van der Waals surface area contributed by atoms with Gasteiger partial charge in [0.2, 0.25) is 5.91 Å². The number of hydrogen-bond acceptors (Lipinski definition) is 7. The molecule has 0 aromatic heterocycles. The lowest BCUT2D eigenvalue weighted by Gasteiger charge is -2.23. The second-order valence-electron chi connectivity index (χ2n) is 5.46. The molecule has 142 valence electrons. The minimum atomic E-state index is -1.35. The molecule has 0 aliphatic carbocycles. The number of methoxy groups -OCH3 is 3. The van der Waals surface area contributed by atoms with Crippen molar-refractivity contribution in [2.45, 2.75) is 25.3 Å². The minimum absolute atomic E-state index is 0.101. The Morgan fingerprint density at radius 3 is 2.08 bits per heavy atom. The number of esters is 3. The Labute approximate surface area is 151 Å². The first kappa shape index (κ1) is 21.1. The predicted molar refractivity (Wildman–Crippen MR) is 90.8 cm³/mol. The summed E-state index contributed by atoms with van der Waals surface area (Å²) >= 11 is 0. The molecule has 1 rings (SSSR count). The first-order valence-electron chi connectivity index (χ1n) is 7.98. The second kappa shape index (κ2) is 10.9. The third-order valence-electron chi connectivity index (χ3n) is 3.78. The minimum Gasteiger partial charge on any atom is -0.469 e. The summed E-state index contributed by atoms with van der Waals surface area (Å²) in [5.41, 5.74) is 0.955. The van der Waals surface area contributed by atoms with Crippen LogP contribution in [-0.2, 0) is 39.8 Å². The maximum atomic E-state index is 12.2. The SMILES string of the molecule is COC(=O)C[C@H](C(=O)OC)[C@H](NC(=O)CCc1ccccc1)C(=O)OC. The Morgan fingerprint density at radius 1 is 0.923 bits per heavy atom. The maximum absolute atomic E-state index is 12.2. The van der Waals surface area contributed by atoms with Gasteiger partial charge in [0.05, 0.1) is 33.7 Å². The van der Waals surface area contributed by atoms with Crippen molar-refractivity contribution >= 4 is 23.8 Å². The molecule has 0 saturated carbocycles. The van der Waals surface area contributed by atoms with Gasteiger partial charge in [0, 0.05) is 6.42 Å². The lowest BCUT2D eigenvalue weighted by Crippen LogP contribution is -2.50. The van der Waals surface area contributed by atoms with E-state index >= 15 is 0 Å². The highest BCUT2D eigenvalue weighted by molar-refractivity contribution is 5.91. The second-order valence-corrected chi connectivity index (χ2v) is 5.46. The van der Waals surface area contributed by atoms with E-state index in [0.29, 0.717) is 6.42 Å². The summed E-state index contributed by atoms with van der Waals surface area (Å²) in [6.07, 6.45) is 0.131. The summed E-state index contributed by atoms with van der Waals surface area (Å²) in [6, 6.07) is 7.97. The van der Waals surface area contributed by atoms with Gasteiger partial charge < -0.3 is 19.5 Å². The fraction of sp³-hybridized carbons (Fsp3) is 0.444. The summed E-state index contributed by atoms with van der Waals surface area (Å²) < 4.78 is 13.8. The van der Waals surface area contributed by atoms with E-state index in [1.807, 2.05) is 30.3 Å². The molecule has 26 heavy (non-hydrogen) atoms. The summed E-state index contributed by atoms with van der Waals surface area (Å²) in [7, 11) is 3.40. The Kier molecular flexibility index (Phi) is 8.83. The first-order valence-corrected chi connectivity index (χ1v) is 7.98. The van der Waals surface area contributed by atoms with Gasteiger partial charge in [-0.2, -0.15) is 0 Å². The van der Waals surface area contributed by atoms with Gasteiger partial charge in [-0.1, -0.05) is 30.3 Å². The molecule has 0 radical (unpaired) electrons. The summed E-state index contributed by atoms with van der Waals surface area (Å²) in [4.78, 5) is 47.8. The molecular formula is C18H23NO7. The van der Waals surface area contributed by atoms with Crippen LogP contribution in [0.15, 0.2) is 30.3 Å². The van der Waals surface area contributed by atoms with Crippen LogP contribution >= 0.6 is 0 Å². The molecule has 0 bridgehead atoms. The van der Waals surface area contributed by atoms with E-state index in [4.69, 9.17) is 0 Å². The molecule has 2 atom stereocenters. The number of rotatable bonds is 9. The molecule has 0 heterocycles. The molecule has 0 spiro atoms. The fourth-order valence-electron chi connectivity index (χ4n) is 2.35. The van der Waals surface area contributed by atoms with Crippen LogP contribution in [-0.4, -0.2) is 51.2 Å². The van der Waals surface area contributed by atoms with Crippen molar-refractivity contribution in [1.29, 1.82) is 0 Å². The van der Waals surface area contributed by atoms with Gasteiger partial charge in [0.15, 0.2) is 0 Å². The predicted octanol–water partition coefficient (Wildman–Crippen LogP) is 0.629. The van der Waals surface area contributed by atoms with Gasteiger partial charge in [-0.05, 0) is 12.0 Å². The standard InChI is InChI=1S/C18H23NO7/c1-24-15(21)11-13(17(22)25-2)16(18(23)26-3)19-14(20)10-9-12-7-5-4-6-8-12/h4-8,13,16H,9-11H2,1-3H3,(H,19,20)/t13-,16-/m0/s1. The first-order chi connectivity index (χ1) is 12.4. The third-order valence-corrected chi connectivity index (χ3v) is 3.78. The van der Waals surface area contributed by atoms with Crippen LogP contribution in [0, 0.1) is 5.92 Å². The topological polar surface area (TPSA) is 108 Å². The molecule has 1 N–H and O–H groups in total. The Balaban J connectivity index is 2.85. The number of nitrogens with one attached hydrogen (secondary N) is 1. The molecule has 1 aromatic carbocycles. The van der Waals surface area contributed by atoms with Crippen LogP contribution in [0.2, 0.25) is 0 Å². The number of aryl methyl sites for hydroxylation is 1. The van der Waals surface area contributed by atoms with Crippen LogP contribution in [0.1, 0.15) is 18.4 Å². The average Bonchev–Trinajstić information content (AvgIpc) is 2.68. The van der Waals surface area contributed by atoms with E-state index < -0.39 is 42.2 Å². The van der Waals surface area contributed by atoms with Crippen molar-refractivity contribution in [1.82, 2.24) is 5.32 Å². The van der Waals surface area contributed by atoms with E-state index in [1.165, 1.54) is 0 Å². The zero-order chi connectivity index (χ0) is 19.5. The van der Waals surface area contributed by atoms with Gasteiger partial charge in [-0.15, -0.1) is 0 Å². The number of carbonyl (C=O) groups excluding carboxylic acids is 4. The molecule has 0 unspecified atom stereocenters. The number of hydrogen-bond donors (Lipinski definition) is 1. The van der Waals surface area contributed by atoms with Crippen molar-refractivity contribution in [2.75, 3.05) is 21.3 Å². The Morgan fingerprint density at radius 2 is 1.54 bits per heavy atom. The molecule has 8 nitrogen and oxygen atoms in total. The molecule has 0 saturated heterocycles. The van der Waals surface area contributed by atoms with Crippen molar-refractivity contribution in [3.05, 3.63) is 35.9 Å². The number of amides is 1. The largest absolute Gasteiger partial charge is 0.469 e.